The van der Waals surface area contributed by atoms with Crippen molar-refractivity contribution in [2.45, 2.75) is 33.0 Å². The third-order valence-electron chi connectivity index (χ3n) is 3.55. The van der Waals surface area contributed by atoms with Gasteiger partial charge in [-0.3, -0.25) is 0 Å². The minimum absolute atomic E-state index is 0.154. The molecule has 1 aliphatic rings. The molecule has 0 aromatic carbocycles. The fourth-order valence-corrected chi connectivity index (χ4v) is 2.47. The molecule has 0 aliphatic carbocycles. The first-order chi connectivity index (χ1) is 8.44. The summed E-state index contributed by atoms with van der Waals surface area (Å²) in [5.74, 6) is 0.809. The fourth-order valence-electron chi connectivity index (χ4n) is 2.30. The van der Waals surface area contributed by atoms with Crippen molar-refractivity contribution >= 4 is 17.4 Å². The van der Waals surface area contributed by atoms with Gasteiger partial charge in [0.2, 0.25) is 0 Å². The lowest BCUT2D eigenvalue weighted by Crippen LogP contribution is -2.49. The van der Waals surface area contributed by atoms with Gasteiger partial charge >= 0.3 is 0 Å². The number of aliphatic hydroxyl groups is 2. The Morgan fingerprint density at radius 3 is 2.83 bits per heavy atom. The molecular formula is C13H19ClN2O2. The van der Waals surface area contributed by atoms with Gasteiger partial charge in [0.05, 0.1) is 23.4 Å². The number of hydrogen-bond acceptors (Lipinski definition) is 4. The molecular weight excluding hydrogens is 252 g/mol. The number of anilines is 1. The molecule has 0 amide bonds. The maximum absolute atomic E-state index is 9.94. The number of halogens is 1. The van der Waals surface area contributed by atoms with Crippen LogP contribution in [-0.4, -0.2) is 34.4 Å². The van der Waals surface area contributed by atoms with Crippen molar-refractivity contribution in [2.75, 3.05) is 18.0 Å². The molecule has 1 atom stereocenters. The molecule has 2 heterocycles. The normalized spacial score (nSPS) is 23.2. The van der Waals surface area contributed by atoms with Crippen LogP contribution < -0.4 is 4.90 Å². The van der Waals surface area contributed by atoms with E-state index in [4.69, 9.17) is 11.6 Å². The SMILES string of the molecule is CC1(C)CN(c2ccc(Cl)c(CO)n2)CCC1O. The van der Waals surface area contributed by atoms with Crippen LogP contribution in [0.5, 0.6) is 0 Å². The predicted octanol–water partition coefficient (Wildman–Crippen LogP) is 1.82. The van der Waals surface area contributed by atoms with Crippen LogP contribution in [0.25, 0.3) is 0 Å². The average molecular weight is 271 g/mol. The standard InChI is InChI=1S/C13H19ClN2O2/c1-13(2)8-16(6-5-11(13)18)12-4-3-9(14)10(7-17)15-12/h3-4,11,17-18H,5-8H2,1-2H3. The molecule has 2 N–H and O–H groups in total. The van der Waals surface area contributed by atoms with Crippen LogP contribution >= 0.6 is 11.6 Å². The lowest BCUT2D eigenvalue weighted by molar-refractivity contribution is 0.0334. The third-order valence-corrected chi connectivity index (χ3v) is 3.89. The molecule has 2 rings (SSSR count). The maximum atomic E-state index is 9.94. The molecule has 1 saturated heterocycles. The van der Waals surface area contributed by atoms with Crippen molar-refractivity contribution in [3.8, 4) is 0 Å². The minimum atomic E-state index is -0.279. The predicted molar refractivity (Wildman–Crippen MR) is 71.8 cm³/mol. The summed E-state index contributed by atoms with van der Waals surface area (Å²) in [5, 5.41) is 19.6. The molecule has 1 aromatic heterocycles. The van der Waals surface area contributed by atoms with E-state index in [0.29, 0.717) is 10.7 Å². The Morgan fingerprint density at radius 1 is 1.50 bits per heavy atom. The van der Waals surface area contributed by atoms with Crippen molar-refractivity contribution in [3.63, 3.8) is 0 Å². The van der Waals surface area contributed by atoms with E-state index in [1.807, 2.05) is 19.9 Å². The quantitative estimate of drug-likeness (QED) is 0.861. The average Bonchev–Trinajstić information content (AvgIpc) is 2.33. The summed E-state index contributed by atoms with van der Waals surface area (Å²) in [5.41, 5.74) is 0.344. The van der Waals surface area contributed by atoms with Crippen molar-refractivity contribution < 1.29 is 10.2 Å². The number of aliphatic hydroxyl groups excluding tert-OH is 2. The maximum Gasteiger partial charge on any atom is 0.129 e. The van der Waals surface area contributed by atoms with Crippen LogP contribution in [0.3, 0.4) is 0 Å². The Labute approximate surface area is 112 Å². The van der Waals surface area contributed by atoms with Gasteiger partial charge in [-0.15, -0.1) is 0 Å². The summed E-state index contributed by atoms with van der Waals surface area (Å²) in [6.07, 6.45) is 0.449. The molecule has 5 heteroatoms. The molecule has 1 fully saturated rings. The van der Waals surface area contributed by atoms with Crippen molar-refractivity contribution in [1.82, 2.24) is 4.98 Å². The molecule has 18 heavy (non-hydrogen) atoms. The van der Waals surface area contributed by atoms with E-state index in [0.717, 1.165) is 25.3 Å². The first-order valence-electron chi connectivity index (χ1n) is 6.13. The summed E-state index contributed by atoms with van der Waals surface area (Å²) in [6.45, 7) is 5.45. The zero-order chi connectivity index (χ0) is 13.3. The van der Waals surface area contributed by atoms with Gasteiger partial charge in [0.1, 0.15) is 5.82 Å². The van der Waals surface area contributed by atoms with E-state index in [2.05, 4.69) is 9.88 Å². The molecule has 0 radical (unpaired) electrons. The highest BCUT2D eigenvalue weighted by Gasteiger charge is 2.35. The van der Waals surface area contributed by atoms with Crippen LogP contribution in [0.1, 0.15) is 26.0 Å². The second-order valence-electron chi connectivity index (χ2n) is 5.47. The first kappa shape index (κ1) is 13.6. The van der Waals surface area contributed by atoms with Crippen molar-refractivity contribution in [1.29, 1.82) is 0 Å². The highest BCUT2D eigenvalue weighted by Crippen LogP contribution is 2.32. The van der Waals surface area contributed by atoms with Gasteiger partial charge in [-0.05, 0) is 18.6 Å². The van der Waals surface area contributed by atoms with Gasteiger partial charge in [-0.2, -0.15) is 0 Å². The van der Waals surface area contributed by atoms with E-state index >= 15 is 0 Å². The number of hydrogen-bond donors (Lipinski definition) is 2. The highest BCUT2D eigenvalue weighted by atomic mass is 35.5. The number of aromatic nitrogens is 1. The van der Waals surface area contributed by atoms with Crippen LogP contribution in [0, 0.1) is 5.41 Å². The minimum Gasteiger partial charge on any atom is -0.392 e. The van der Waals surface area contributed by atoms with Crippen LogP contribution in [0.15, 0.2) is 12.1 Å². The van der Waals surface area contributed by atoms with E-state index in [9.17, 15) is 10.2 Å². The van der Waals surface area contributed by atoms with Gasteiger partial charge in [-0.1, -0.05) is 25.4 Å². The summed E-state index contributed by atoms with van der Waals surface area (Å²) in [4.78, 5) is 6.49. The summed E-state index contributed by atoms with van der Waals surface area (Å²) < 4.78 is 0. The highest BCUT2D eigenvalue weighted by molar-refractivity contribution is 6.31. The molecule has 100 valence electrons. The second kappa shape index (κ2) is 5.03. The van der Waals surface area contributed by atoms with Gasteiger partial charge in [0.25, 0.3) is 0 Å². The van der Waals surface area contributed by atoms with Gasteiger partial charge < -0.3 is 15.1 Å². The van der Waals surface area contributed by atoms with Gasteiger partial charge in [0.15, 0.2) is 0 Å². The lowest BCUT2D eigenvalue weighted by atomic mass is 9.81. The Bertz CT molecular complexity index is 437. The number of nitrogens with zero attached hydrogens (tertiary/aromatic N) is 2. The first-order valence-corrected chi connectivity index (χ1v) is 6.51. The molecule has 1 aliphatic heterocycles. The van der Waals surface area contributed by atoms with Gasteiger partial charge in [0, 0.05) is 18.5 Å². The fraction of sp³-hybridized carbons (Fsp3) is 0.615. The van der Waals surface area contributed by atoms with E-state index in [1.165, 1.54) is 0 Å². The Kier molecular flexibility index (Phi) is 3.80. The smallest absolute Gasteiger partial charge is 0.129 e. The Balaban J connectivity index is 2.22. The molecule has 1 unspecified atom stereocenters. The van der Waals surface area contributed by atoms with Crippen molar-refractivity contribution in [3.05, 3.63) is 22.8 Å². The van der Waals surface area contributed by atoms with E-state index in [-0.39, 0.29) is 18.1 Å². The summed E-state index contributed by atoms with van der Waals surface area (Å²) in [7, 11) is 0. The van der Waals surface area contributed by atoms with Crippen LogP contribution in [-0.2, 0) is 6.61 Å². The Morgan fingerprint density at radius 2 is 2.22 bits per heavy atom. The molecule has 0 spiro atoms. The molecule has 0 saturated carbocycles. The number of piperidine rings is 1. The lowest BCUT2D eigenvalue weighted by Gasteiger charge is -2.42. The van der Waals surface area contributed by atoms with Crippen LogP contribution in [0.4, 0.5) is 5.82 Å². The number of pyridine rings is 1. The molecule has 0 bridgehead atoms. The molecule has 1 aromatic rings. The Hall–Kier alpha value is -0.840. The van der Waals surface area contributed by atoms with Crippen molar-refractivity contribution in [2.24, 2.45) is 5.41 Å². The zero-order valence-corrected chi connectivity index (χ0v) is 11.5. The summed E-state index contributed by atoms with van der Waals surface area (Å²) >= 11 is 5.93. The largest absolute Gasteiger partial charge is 0.392 e. The number of rotatable bonds is 2. The van der Waals surface area contributed by atoms with Gasteiger partial charge in [-0.25, -0.2) is 4.98 Å². The third kappa shape index (κ3) is 2.60. The van der Waals surface area contributed by atoms with Crippen LogP contribution in [0.2, 0.25) is 5.02 Å². The summed E-state index contributed by atoms with van der Waals surface area (Å²) in [6, 6.07) is 3.61. The van der Waals surface area contributed by atoms with E-state index in [1.54, 1.807) is 6.07 Å². The zero-order valence-electron chi connectivity index (χ0n) is 10.7. The molecule has 4 nitrogen and oxygen atoms in total. The topological polar surface area (TPSA) is 56.6 Å². The second-order valence-corrected chi connectivity index (χ2v) is 5.88. The van der Waals surface area contributed by atoms with E-state index < -0.39 is 0 Å². The monoisotopic (exact) mass is 270 g/mol.